The number of carbonyl (C=O) groups excluding carboxylic acids is 1. The molecule has 110 valence electrons. The van der Waals surface area contributed by atoms with Crippen LogP contribution in [-0.2, 0) is 0 Å². The van der Waals surface area contributed by atoms with Gasteiger partial charge in [-0.1, -0.05) is 13.8 Å². The summed E-state index contributed by atoms with van der Waals surface area (Å²) >= 11 is 0. The number of piperidine rings is 1. The largest absolute Gasteiger partial charge is 0.397 e. The van der Waals surface area contributed by atoms with Crippen molar-refractivity contribution in [2.24, 2.45) is 11.8 Å². The zero-order valence-corrected chi connectivity index (χ0v) is 12.9. The number of hydrogen-bond donors (Lipinski definition) is 1. The van der Waals surface area contributed by atoms with Crippen LogP contribution < -0.4 is 10.6 Å². The highest BCUT2D eigenvalue weighted by Crippen LogP contribution is 2.31. The number of carbonyl (C=O) groups is 1. The van der Waals surface area contributed by atoms with Crippen molar-refractivity contribution < 1.29 is 4.79 Å². The van der Waals surface area contributed by atoms with Crippen molar-refractivity contribution in [3.05, 3.63) is 23.8 Å². The van der Waals surface area contributed by atoms with Crippen LogP contribution in [-0.4, -0.2) is 38.0 Å². The summed E-state index contributed by atoms with van der Waals surface area (Å²) in [5, 5.41) is 0. The molecular weight excluding hydrogens is 250 g/mol. The normalized spacial score (nSPS) is 22.7. The van der Waals surface area contributed by atoms with Crippen molar-refractivity contribution in [2.75, 3.05) is 37.8 Å². The Morgan fingerprint density at radius 3 is 2.60 bits per heavy atom. The standard InChI is InChI=1S/C16H25N3O/c1-11-7-8-19(10-12(11)2)15-9-13(5-6-14(15)17)16(20)18(3)4/h5-6,9,11-12H,7-8,10,17H2,1-4H3. The summed E-state index contributed by atoms with van der Waals surface area (Å²) in [5.74, 6) is 1.42. The number of amides is 1. The van der Waals surface area contributed by atoms with Gasteiger partial charge < -0.3 is 15.5 Å². The molecular formula is C16H25N3O. The molecule has 1 saturated heterocycles. The van der Waals surface area contributed by atoms with E-state index in [9.17, 15) is 4.79 Å². The first-order valence-electron chi connectivity index (χ1n) is 7.26. The van der Waals surface area contributed by atoms with Crippen LogP contribution in [0.25, 0.3) is 0 Å². The van der Waals surface area contributed by atoms with Crippen molar-refractivity contribution in [3.8, 4) is 0 Å². The van der Waals surface area contributed by atoms with Gasteiger partial charge in [0, 0.05) is 32.7 Å². The lowest BCUT2D eigenvalue weighted by molar-refractivity contribution is 0.0827. The molecule has 4 nitrogen and oxygen atoms in total. The van der Waals surface area contributed by atoms with Gasteiger partial charge in [-0.25, -0.2) is 0 Å². The van der Waals surface area contributed by atoms with Crippen LogP contribution in [0.2, 0.25) is 0 Å². The molecule has 2 N–H and O–H groups in total. The Morgan fingerprint density at radius 1 is 1.30 bits per heavy atom. The zero-order chi connectivity index (χ0) is 14.9. The minimum absolute atomic E-state index is 0.0182. The molecule has 1 aromatic rings. The Hall–Kier alpha value is -1.71. The Bertz CT molecular complexity index is 498. The summed E-state index contributed by atoms with van der Waals surface area (Å²) in [5.41, 5.74) is 8.56. The van der Waals surface area contributed by atoms with E-state index >= 15 is 0 Å². The van der Waals surface area contributed by atoms with Crippen LogP contribution in [0.4, 0.5) is 11.4 Å². The van der Waals surface area contributed by atoms with E-state index in [1.54, 1.807) is 25.1 Å². The molecule has 0 bridgehead atoms. The molecule has 1 aromatic carbocycles. The van der Waals surface area contributed by atoms with Crippen molar-refractivity contribution in [3.63, 3.8) is 0 Å². The van der Waals surface area contributed by atoms with E-state index in [4.69, 9.17) is 5.73 Å². The van der Waals surface area contributed by atoms with E-state index in [1.807, 2.05) is 12.1 Å². The van der Waals surface area contributed by atoms with Gasteiger partial charge in [-0.3, -0.25) is 4.79 Å². The van der Waals surface area contributed by atoms with Crippen molar-refractivity contribution in [2.45, 2.75) is 20.3 Å². The molecule has 0 spiro atoms. The fraction of sp³-hybridized carbons (Fsp3) is 0.562. The van der Waals surface area contributed by atoms with Gasteiger partial charge in [0.2, 0.25) is 0 Å². The Balaban J connectivity index is 2.27. The monoisotopic (exact) mass is 275 g/mol. The molecule has 1 heterocycles. The molecule has 20 heavy (non-hydrogen) atoms. The molecule has 0 aliphatic carbocycles. The van der Waals surface area contributed by atoms with Gasteiger partial charge in [-0.2, -0.15) is 0 Å². The zero-order valence-electron chi connectivity index (χ0n) is 12.9. The first kappa shape index (κ1) is 14.7. The predicted molar refractivity (Wildman–Crippen MR) is 84.0 cm³/mol. The fourth-order valence-electron chi connectivity index (χ4n) is 2.69. The minimum atomic E-state index is 0.0182. The first-order chi connectivity index (χ1) is 9.40. The van der Waals surface area contributed by atoms with Crippen molar-refractivity contribution in [1.29, 1.82) is 0 Å². The second-order valence-electron chi connectivity index (χ2n) is 6.16. The third-order valence-electron chi connectivity index (χ3n) is 4.36. The number of rotatable bonds is 2. The third-order valence-corrected chi connectivity index (χ3v) is 4.36. The molecule has 1 aliphatic rings. The number of nitrogens with two attached hydrogens (primary N) is 1. The fourth-order valence-corrected chi connectivity index (χ4v) is 2.69. The predicted octanol–water partition coefficient (Wildman–Crippen LogP) is 2.45. The van der Waals surface area contributed by atoms with Crippen molar-refractivity contribution in [1.82, 2.24) is 4.90 Å². The van der Waals surface area contributed by atoms with E-state index in [0.29, 0.717) is 11.5 Å². The van der Waals surface area contributed by atoms with Gasteiger partial charge in [0.1, 0.15) is 0 Å². The van der Waals surface area contributed by atoms with E-state index in [-0.39, 0.29) is 5.91 Å². The van der Waals surface area contributed by atoms with Crippen LogP contribution in [0.3, 0.4) is 0 Å². The van der Waals surface area contributed by atoms with Gasteiger partial charge in [0.15, 0.2) is 0 Å². The number of anilines is 2. The summed E-state index contributed by atoms with van der Waals surface area (Å²) in [4.78, 5) is 16.0. The van der Waals surface area contributed by atoms with Gasteiger partial charge in [-0.15, -0.1) is 0 Å². The van der Waals surface area contributed by atoms with Crippen molar-refractivity contribution >= 4 is 17.3 Å². The second-order valence-corrected chi connectivity index (χ2v) is 6.16. The average Bonchev–Trinajstić information content (AvgIpc) is 2.41. The van der Waals surface area contributed by atoms with E-state index in [1.165, 1.54) is 6.42 Å². The van der Waals surface area contributed by atoms with Gasteiger partial charge >= 0.3 is 0 Å². The molecule has 4 heteroatoms. The molecule has 1 amide bonds. The van der Waals surface area contributed by atoms with Crippen LogP contribution in [0.5, 0.6) is 0 Å². The lowest BCUT2D eigenvalue weighted by atomic mass is 9.88. The lowest BCUT2D eigenvalue weighted by Crippen LogP contribution is -2.38. The average molecular weight is 275 g/mol. The Labute approximate surface area is 121 Å². The number of hydrogen-bond acceptors (Lipinski definition) is 3. The molecule has 1 fully saturated rings. The third kappa shape index (κ3) is 2.89. The lowest BCUT2D eigenvalue weighted by Gasteiger charge is -2.37. The van der Waals surface area contributed by atoms with E-state index in [0.717, 1.165) is 30.4 Å². The SMILES string of the molecule is CC1CCN(c2cc(C(=O)N(C)C)ccc2N)CC1C. The molecule has 1 aliphatic heterocycles. The van der Waals surface area contributed by atoms with Crippen LogP contribution in [0.15, 0.2) is 18.2 Å². The summed E-state index contributed by atoms with van der Waals surface area (Å²) in [6, 6.07) is 5.58. The molecule has 2 atom stereocenters. The molecule has 2 unspecified atom stereocenters. The smallest absolute Gasteiger partial charge is 0.253 e. The highest BCUT2D eigenvalue weighted by Gasteiger charge is 2.24. The van der Waals surface area contributed by atoms with Crippen LogP contribution >= 0.6 is 0 Å². The van der Waals surface area contributed by atoms with E-state index < -0.39 is 0 Å². The Morgan fingerprint density at radius 2 is 2.00 bits per heavy atom. The molecule has 0 saturated carbocycles. The Kier molecular flexibility index (Phi) is 4.21. The van der Waals surface area contributed by atoms with Gasteiger partial charge in [0.05, 0.1) is 11.4 Å². The summed E-state index contributed by atoms with van der Waals surface area (Å²) in [7, 11) is 3.53. The molecule has 0 aromatic heterocycles. The minimum Gasteiger partial charge on any atom is -0.397 e. The summed E-state index contributed by atoms with van der Waals surface area (Å²) < 4.78 is 0. The number of nitrogen functional groups attached to an aromatic ring is 1. The number of benzene rings is 1. The van der Waals surface area contributed by atoms with Gasteiger partial charge in [-0.05, 0) is 36.5 Å². The van der Waals surface area contributed by atoms with Gasteiger partial charge in [0.25, 0.3) is 5.91 Å². The van der Waals surface area contributed by atoms with E-state index in [2.05, 4.69) is 18.7 Å². The molecule has 0 radical (unpaired) electrons. The number of nitrogens with zero attached hydrogens (tertiary/aromatic N) is 2. The van der Waals surface area contributed by atoms with Crippen LogP contribution in [0, 0.1) is 11.8 Å². The first-order valence-corrected chi connectivity index (χ1v) is 7.26. The highest BCUT2D eigenvalue weighted by molar-refractivity contribution is 5.96. The molecule has 2 rings (SSSR count). The maximum absolute atomic E-state index is 12.1. The maximum atomic E-state index is 12.1. The summed E-state index contributed by atoms with van der Waals surface area (Å²) in [6.45, 7) is 6.60. The maximum Gasteiger partial charge on any atom is 0.253 e. The second kappa shape index (κ2) is 5.73. The highest BCUT2D eigenvalue weighted by atomic mass is 16.2. The quantitative estimate of drug-likeness (QED) is 0.843. The topological polar surface area (TPSA) is 49.6 Å². The van der Waals surface area contributed by atoms with Crippen LogP contribution in [0.1, 0.15) is 30.6 Å². The summed E-state index contributed by atoms with van der Waals surface area (Å²) in [6.07, 6.45) is 1.17.